The molecule has 1 aromatic carbocycles. The molecule has 2 rings (SSSR count). The molecule has 24 heavy (non-hydrogen) atoms. The summed E-state index contributed by atoms with van der Waals surface area (Å²) in [5, 5.41) is 15.6. The molecule has 0 amide bonds. The SMILES string of the molecule is CC(=O)OC(C)c1c(C)nn(Cc2ccc([N+](=O)[O-])cc2Cl)c1C. The van der Waals surface area contributed by atoms with Crippen LogP contribution in [0.1, 0.15) is 42.5 Å². The van der Waals surface area contributed by atoms with E-state index in [1.54, 1.807) is 17.7 Å². The van der Waals surface area contributed by atoms with E-state index in [4.69, 9.17) is 16.3 Å². The zero-order valence-corrected chi connectivity index (χ0v) is 14.6. The maximum Gasteiger partial charge on any atom is 0.303 e. The van der Waals surface area contributed by atoms with Crippen LogP contribution < -0.4 is 0 Å². The van der Waals surface area contributed by atoms with Crippen LogP contribution in [-0.2, 0) is 16.1 Å². The Morgan fingerprint density at radius 3 is 2.67 bits per heavy atom. The highest BCUT2D eigenvalue weighted by atomic mass is 35.5. The van der Waals surface area contributed by atoms with Crippen LogP contribution in [0.5, 0.6) is 0 Å². The molecule has 7 nitrogen and oxygen atoms in total. The normalized spacial score (nSPS) is 12.0. The molecule has 0 aliphatic rings. The molecule has 0 aliphatic carbocycles. The number of nitro groups is 1. The first-order valence-electron chi connectivity index (χ1n) is 7.34. The van der Waals surface area contributed by atoms with Crippen LogP contribution in [-0.4, -0.2) is 20.7 Å². The molecule has 2 aromatic rings. The second-order valence-corrected chi connectivity index (χ2v) is 5.93. The summed E-state index contributed by atoms with van der Waals surface area (Å²) in [5.74, 6) is -0.354. The summed E-state index contributed by atoms with van der Waals surface area (Å²) in [6, 6.07) is 4.35. The van der Waals surface area contributed by atoms with Crippen molar-refractivity contribution in [2.24, 2.45) is 0 Å². The number of hydrogen-bond donors (Lipinski definition) is 0. The number of nitrogens with zero attached hydrogens (tertiary/aromatic N) is 3. The zero-order chi connectivity index (χ0) is 18.0. The van der Waals surface area contributed by atoms with Gasteiger partial charge in [0.25, 0.3) is 5.69 Å². The molecule has 128 valence electrons. The largest absolute Gasteiger partial charge is 0.458 e. The fourth-order valence-electron chi connectivity index (χ4n) is 2.70. The molecule has 0 aliphatic heterocycles. The van der Waals surface area contributed by atoms with Gasteiger partial charge in [0, 0.05) is 30.3 Å². The average Bonchev–Trinajstić information content (AvgIpc) is 2.74. The lowest BCUT2D eigenvalue weighted by Gasteiger charge is -2.13. The van der Waals surface area contributed by atoms with E-state index in [9.17, 15) is 14.9 Å². The predicted octanol–water partition coefficient (Wildman–Crippen LogP) is 3.73. The summed E-state index contributed by atoms with van der Waals surface area (Å²) >= 11 is 6.14. The Morgan fingerprint density at radius 2 is 2.12 bits per heavy atom. The number of carbonyl (C=O) groups is 1. The second-order valence-electron chi connectivity index (χ2n) is 5.53. The van der Waals surface area contributed by atoms with Gasteiger partial charge in [0.2, 0.25) is 0 Å². The summed E-state index contributed by atoms with van der Waals surface area (Å²) < 4.78 is 6.98. The van der Waals surface area contributed by atoms with Gasteiger partial charge in [-0.3, -0.25) is 19.6 Å². The van der Waals surface area contributed by atoms with E-state index in [1.807, 2.05) is 13.8 Å². The minimum atomic E-state index is -0.488. The summed E-state index contributed by atoms with van der Waals surface area (Å²) in [4.78, 5) is 21.4. The number of carbonyl (C=O) groups excluding carboxylic acids is 1. The van der Waals surface area contributed by atoms with Gasteiger partial charge in [0.1, 0.15) is 6.10 Å². The van der Waals surface area contributed by atoms with E-state index in [0.29, 0.717) is 11.6 Å². The number of nitro benzene ring substituents is 1. The lowest BCUT2D eigenvalue weighted by Crippen LogP contribution is -2.08. The number of hydrogen-bond acceptors (Lipinski definition) is 5. The minimum Gasteiger partial charge on any atom is -0.458 e. The van der Waals surface area contributed by atoms with Crippen molar-refractivity contribution in [3.8, 4) is 0 Å². The molecule has 0 saturated heterocycles. The molecule has 1 heterocycles. The van der Waals surface area contributed by atoms with Crippen molar-refractivity contribution in [1.29, 1.82) is 0 Å². The molecule has 0 bridgehead atoms. The van der Waals surface area contributed by atoms with Crippen LogP contribution in [0.2, 0.25) is 5.02 Å². The summed E-state index contributed by atoms with van der Waals surface area (Å²) in [6.45, 7) is 7.25. The molecule has 0 N–H and O–H groups in total. The van der Waals surface area contributed by atoms with E-state index in [2.05, 4.69) is 5.10 Å². The Morgan fingerprint density at radius 1 is 1.46 bits per heavy atom. The maximum absolute atomic E-state index is 11.2. The van der Waals surface area contributed by atoms with Crippen LogP contribution in [0.3, 0.4) is 0 Å². The molecule has 0 spiro atoms. The van der Waals surface area contributed by atoms with Gasteiger partial charge in [-0.2, -0.15) is 5.10 Å². The second kappa shape index (κ2) is 7.00. The third-order valence-corrected chi connectivity index (χ3v) is 4.11. The average molecular weight is 352 g/mol. The third kappa shape index (κ3) is 3.73. The zero-order valence-electron chi connectivity index (χ0n) is 13.9. The van der Waals surface area contributed by atoms with Gasteiger partial charge in [-0.05, 0) is 32.4 Å². The molecular formula is C16H18ClN3O4. The fraction of sp³-hybridized carbons (Fsp3) is 0.375. The molecule has 8 heteroatoms. The highest BCUT2D eigenvalue weighted by Crippen LogP contribution is 2.27. The van der Waals surface area contributed by atoms with Crippen molar-refractivity contribution < 1.29 is 14.5 Å². The first-order valence-corrected chi connectivity index (χ1v) is 7.72. The van der Waals surface area contributed by atoms with Crippen LogP contribution in [0.25, 0.3) is 0 Å². The van der Waals surface area contributed by atoms with Crippen molar-refractivity contribution >= 4 is 23.3 Å². The van der Waals surface area contributed by atoms with E-state index in [1.165, 1.54) is 19.1 Å². The molecule has 0 radical (unpaired) electrons. The minimum absolute atomic E-state index is 0.0544. The van der Waals surface area contributed by atoms with Crippen molar-refractivity contribution in [1.82, 2.24) is 9.78 Å². The van der Waals surface area contributed by atoms with Gasteiger partial charge >= 0.3 is 5.97 Å². The highest BCUT2D eigenvalue weighted by Gasteiger charge is 2.20. The van der Waals surface area contributed by atoms with Gasteiger partial charge in [-0.15, -0.1) is 0 Å². The number of ether oxygens (including phenoxy) is 1. The summed E-state index contributed by atoms with van der Waals surface area (Å²) in [7, 11) is 0. The van der Waals surface area contributed by atoms with Gasteiger partial charge in [0.05, 0.1) is 22.2 Å². The molecule has 1 aromatic heterocycles. The fourth-order valence-corrected chi connectivity index (χ4v) is 2.93. The van der Waals surface area contributed by atoms with E-state index < -0.39 is 11.0 Å². The van der Waals surface area contributed by atoms with Gasteiger partial charge in [-0.25, -0.2) is 0 Å². The predicted molar refractivity (Wildman–Crippen MR) is 89.1 cm³/mol. The monoisotopic (exact) mass is 351 g/mol. The van der Waals surface area contributed by atoms with Gasteiger partial charge < -0.3 is 4.74 Å². The lowest BCUT2D eigenvalue weighted by molar-refractivity contribution is -0.384. The van der Waals surface area contributed by atoms with E-state index in [0.717, 1.165) is 22.5 Å². The van der Waals surface area contributed by atoms with Crippen molar-refractivity contribution in [2.45, 2.75) is 40.3 Å². The number of halogens is 1. The number of rotatable bonds is 5. The Kier molecular flexibility index (Phi) is 5.23. The van der Waals surface area contributed by atoms with Gasteiger partial charge in [-0.1, -0.05) is 11.6 Å². The Labute approximate surface area is 144 Å². The molecule has 0 saturated carbocycles. The third-order valence-electron chi connectivity index (χ3n) is 3.75. The summed E-state index contributed by atoms with van der Waals surface area (Å²) in [6.07, 6.45) is -0.399. The highest BCUT2D eigenvalue weighted by molar-refractivity contribution is 6.31. The van der Waals surface area contributed by atoms with Crippen molar-refractivity contribution in [3.63, 3.8) is 0 Å². The quantitative estimate of drug-likeness (QED) is 0.465. The Balaban J connectivity index is 2.31. The van der Waals surface area contributed by atoms with Crippen LogP contribution in [0.15, 0.2) is 18.2 Å². The van der Waals surface area contributed by atoms with Crippen molar-refractivity contribution in [2.75, 3.05) is 0 Å². The van der Waals surface area contributed by atoms with Gasteiger partial charge in [0.15, 0.2) is 0 Å². The van der Waals surface area contributed by atoms with Crippen molar-refractivity contribution in [3.05, 3.63) is 55.9 Å². The Bertz CT molecular complexity index is 801. The standard InChI is InChI=1S/C16H18ClN3O4/c1-9-16(11(3)24-12(4)21)10(2)19(18-9)8-13-5-6-14(20(22)23)7-15(13)17/h5-7,11H,8H2,1-4H3. The van der Waals surface area contributed by atoms with Crippen LogP contribution >= 0.6 is 11.6 Å². The number of benzene rings is 1. The van der Waals surface area contributed by atoms with Crippen LogP contribution in [0, 0.1) is 24.0 Å². The smallest absolute Gasteiger partial charge is 0.303 e. The number of aryl methyl sites for hydroxylation is 1. The maximum atomic E-state index is 11.2. The molecule has 0 fully saturated rings. The Hall–Kier alpha value is -2.41. The number of non-ortho nitro benzene ring substituents is 1. The molecule has 1 atom stereocenters. The lowest BCUT2D eigenvalue weighted by atomic mass is 10.1. The van der Waals surface area contributed by atoms with Crippen LogP contribution in [0.4, 0.5) is 5.69 Å². The van der Waals surface area contributed by atoms with E-state index in [-0.39, 0.29) is 11.7 Å². The first-order chi connectivity index (χ1) is 11.2. The van der Waals surface area contributed by atoms with E-state index >= 15 is 0 Å². The topological polar surface area (TPSA) is 87.3 Å². The number of aromatic nitrogens is 2. The first kappa shape index (κ1) is 17.9. The molecule has 1 unspecified atom stereocenters. The number of esters is 1. The molecular weight excluding hydrogens is 334 g/mol. The summed E-state index contributed by atoms with van der Waals surface area (Å²) in [5.41, 5.74) is 3.14.